The molecule has 20 heavy (non-hydrogen) atoms. The third kappa shape index (κ3) is 3.34. The number of nitrogens with one attached hydrogen (secondary N) is 1. The molecule has 0 aromatic carbocycles. The van der Waals surface area contributed by atoms with Crippen LogP contribution >= 0.6 is 0 Å². The van der Waals surface area contributed by atoms with E-state index in [4.69, 9.17) is 4.74 Å². The van der Waals surface area contributed by atoms with Gasteiger partial charge in [-0.25, -0.2) is 0 Å². The number of nitrogens with zero attached hydrogens (tertiary/aromatic N) is 5. The number of piperazine rings is 1. The maximum Gasteiger partial charge on any atom is 0.247 e. The van der Waals surface area contributed by atoms with Gasteiger partial charge in [-0.05, 0) is 19.9 Å². The summed E-state index contributed by atoms with van der Waals surface area (Å²) >= 11 is 0. The molecule has 3 heterocycles. The van der Waals surface area contributed by atoms with Crippen LogP contribution in [0.3, 0.4) is 0 Å². The molecule has 0 spiro atoms. The second-order valence-electron chi connectivity index (χ2n) is 5.45. The first-order valence-electron chi connectivity index (χ1n) is 7.30. The highest BCUT2D eigenvalue weighted by Crippen LogP contribution is 2.14. The summed E-state index contributed by atoms with van der Waals surface area (Å²) in [4.78, 5) is 9.04. The summed E-state index contributed by atoms with van der Waals surface area (Å²) in [7, 11) is 2.13. The van der Waals surface area contributed by atoms with Crippen LogP contribution < -0.4 is 10.2 Å². The Labute approximate surface area is 119 Å². The van der Waals surface area contributed by atoms with Gasteiger partial charge in [0.2, 0.25) is 5.95 Å². The molecule has 1 atom stereocenters. The lowest BCUT2D eigenvalue weighted by atomic mass is 10.2. The van der Waals surface area contributed by atoms with Crippen molar-refractivity contribution in [3.63, 3.8) is 0 Å². The van der Waals surface area contributed by atoms with Crippen molar-refractivity contribution < 1.29 is 4.74 Å². The quantitative estimate of drug-likeness (QED) is 0.844. The fraction of sp³-hybridized carbons (Fsp3) is 0.769. The van der Waals surface area contributed by atoms with Crippen LogP contribution in [0.1, 0.15) is 12.8 Å². The molecule has 1 unspecified atom stereocenters. The molecular formula is C13H22N6O. The van der Waals surface area contributed by atoms with Gasteiger partial charge in [0.05, 0.1) is 12.3 Å². The van der Waals surface area contributed by atoms with Crippen molar-refractivity contribution in [2.75, 3.05) is 56.6 Å². The molecule has 1 aromatic heterocycles. The van der Waals surface area contributed by atoms with E-state index < -0.39 is 0 Å². The molecule has 0 amide bonds. The van der Waals surface area contributed by atoms with E-state index in [1.54, 1.807) is 6.20 Å². The average molecular weight is 278 g/mol. The van der Waals surface area contributed by atoms with Crippen molar-refractivity contribution >= 4 is 11.8 Å². The predicted molar refractivity (Wildman–Crippen MR) is 77.0 cm³/mol. The van der Waals surface area contributed by atoms with Gasteiger partial charge in [0.15, 0.2) is 5.82 Å². The van der Waals surface area contributed by atoms with E-state index in [1.165, 1.54) is 0 Å². The second kappa shape index (κ2) is 6.32. The molecule has 3 rings (SSSR count). The van der Waals surface area contributed by atoms with Crippen molar-refractivity contribution in [1.82, 2.24) is 20.1 Å². The minimum atomic E-state index is 0.303. The predicted octanol–water partition coefficient (Wildman–Crippen LogP) is 0.214. The van der Waals surface area contributed by atoms with E-state index in [0.717, 1.165) is 63.9 Å². The lowest BCUT2D eigenvalue weighted by Gasteiger charge is -2.32. The highest BCUT2D eigenvalue weighted by atomic mass is 16.5. The minimum absolute atomic E-state index is 0.303. The highest BCUT2D eigenvalue weighted by Gasteiger charge is 2.18. The first kappa shape index (κ1) is 13.5. The summed E-state index contributed by atoms with van der Waals surface area (Å²) in [5.41, 5.74) is 0. The van der Waals surface area contributed by atoms with E-state index >= 15 is 0 Å². The molecule has 7 heteroatoms. The van der Waals surface area contributed by atoms with E-state index in [0.29, 0.717) is 6.10 Å². The van der Waals surface area contributed by atoms with E-state index in [9.17, 15) is 0 Å². The zero-order valence-corrected chi connectivity index (χ0v) is 12.0. The van der Waals surface area contributed by atoms with Gasteiger partial charge in [-0.15, -0.1) is 5.10 Å². The zero-order chi connectivity index (χ0) is 13.8. The zero-order valence-electron chi connectivity index (χ0n) is 12.0. The Kier molecular flexibility index (Phi) is 4.27. The van der Waals surface area contributed by atoms with Crippen molar-refractivity contribution in [2.45, 2.75) is 18.9 Å². The molecular weight excluding hydrogens is 256 g/mol. The molecule has 1 N–H and O–H groups in total. The van der Waals surface area contributed by atoms with Crippen LogP contribution in [-0.2, 0) is 4.74 Å². The summed E-state index contributed by atoms with van der Waals surface area (Å²) in [6.45, 7) is 5.65. The lowest BCUT2D eigenvalue weighted by molar-refractivity contribution is 0.120. The van der Waals surface area contributed by atoms with Gasteiger partial charge in [-0.1, -0.05) is 0 Å². The number of hydrogen-bond acceptors (Lipinski definition) is 7. The summed E-state index contributed by atoms with van der Waals surface area (Å²) in [6, 6.07) is 0. The molecule has 2 aliphatic rings. The van der Waals surface area contributed by atoms with Gasteiger partial charge in [0.1, 0.15) is 0 Å². The summed E-state index contributed by atoms with van der Waals surface area (Å²) in [6.07, 6.45) is 4.25. The minimum Gasteiger partial charge on any atom is -0.376 e. The van der Waals surface area contributed by atoms with E-state index in [-0.39, 0.29) is 0 Å². The van der Waals surface area contributed by atoms with Gasteiger partial charge in [-0.2, -0.15) is 10.1 Å². The van der Waals surface area contributed by atoms with Crippen molar-refractivity contribution in [3.05, 3.63) is 6.20 Å². The summed E-state index contributed by atoms with van der Waals surface area (Å²) < 4.78 is 5.59. The Morgan fingerprint density at radius 2 is 2.20 bits per heavy atom. The maximum absolute atomic E-state index is 5.59. The smallest absolute Gasteiger partial charge is 0.247 e. The number of rotatable bonds is 4. The van der Waals surface area contributed by atoms with Crippen LogP contribution in [-0.4, -0.2) is 72.6 Å². The molecule has 110 valence electrons. The lowest BCUT2D eigenvalue weighted by Crippen LogP contribution is -2.45. The Bertz CT molecular complexity index is 429. The van der Waals surface area contributed by atoms with E-state index in [2.05, 4.69) is 37.3 Å². The van der Waals surface area contributed by atoms with Crippen LogP contribution in [0, 0.1) is 0 Å². The Balaban J connectivity index is 1.57. The SMILES string of the molecule is CN1CCN(c2nncc(NCC3CCCO3)n2)CC1. The molecule has 0 radical (unpaired) electrons. The third-order valence-corrected chi connectivity index (χ3v) is 3.87. The molecule has 0 aliphatic carbocycles. The van der Waals surface area contributed by atoms with Gasteiger partial charge in [0, 0.05) is 39.3 Å². The molecule has 0 saturated carbocycles. The number of ether oxygens (including phenoxy) is 1. The first-order valence-corrected chi connectivity index (χ1v) is 7.30. The Morgan fingerprint density at radius 3 is 2.95 bits per heavy atom. The molecule has 2 fully saturated rings. The van der Waals surface area contributed by atoms with Crippen molar-refractivity contribution in [3.8, 4) is 0 Å². The molecule has 7 nitrogen and oxygen atoms in total. The number of anilines is 2. The number of likely N-dealkylation sites (N-methyl/N-ethyl adjacent to an activating group) is 1. The largest absolute Gasteiger partial charge is 0.376 e. The summed E-state index contributed by atoms with van der Waals surface area (Å²) in [5.74, 6) is 1.50. The summed E-state index contributed by atoms with van der Waals surface area (Å²) in [5, 5.41) is 11.5. The Morgan fingerprint density at radius 1 is 1.35 bits per heavy atom. The van der Waals surface area contributed by atoms with Crippen LogP contribution in [0.5, 0.6) is 0 Å². The normalized spacial score (nSPS) is 24.1. The molecule has 0 bridgehead atoms. The van der Waals surface area contributed by atoms with Crippen LogP contribution in [0.4, 0.5) is 11.8 Å². The van der Waals surface area contributed by atoms with Gasteiger partial charge in [-0.3, -0.25) is 0 Å². The van der Waals surface area contributed by atoms with Crippen molar-refractivity contribution in [2.24, 2.45) is 0 Å². The maximum atomic E-state index is 5.59. The average Bonchev–Trinajstić information content (AvgIpc) is 3.00. The highest BCUT2D eigenvalue weighted by molar-refractivity contribution is 5.39. The van der Waals surface area contributed by atoms with Crippen LogP contribution in [0.2, 0.25) is 0 Å². The van der Waals surface area contributed by atoms with Crippen molar-refractivity contribution in [1.29, 1.82) is 0 Å². The topological polar surface area (TPSA) is 66.4 Å². The Hall–Kier alpha value is -1.47. The van der Waals surface area contributed by atoms with Crippen LogP contribution in [0.25, 0.3) is 0 Å². The molecule has 2 saturated heterocycles. The van der Waals surface area contributed by atoms with Gasteiger partial charge < -0.3 is 19.9 Å². The number of hydrogen-bond donors (Lipinski definition) is 1. The monoisotopic (exact) mass is 278 g/mol. The molecule has 1 aromatic rings. The van der Waals surface area contributed by atoms with Crippen LogP contribution in [0.15, 0.2) is 6.20 Å². The first-order chi connectivity index (χ1) is 9.81. The second-order valence-corrected chi connectivity index (χ2v) is 5.45. The standard InChI is InChI=1S/C13H22N6O/c1-18-4-6-19(7-5-18)13-16-12(10-15-17-13)14-9-11-3-2-8-20-11/h10-11H,2-9H2,1H3,(H,14,16,17). The number of aromatic nitrogens is 3. The van der Waals surface area contributed by atoms with Gasteiger partial charge >= 0.3 is 0 Å². The fourth-order valence-electron chi connectivity index (χ4n) is 2.54. The molecule has 2 aliphatic heterocycles. The van der Waals surface area contributed by atoms with E-state index in [1.807, 2.05) is 0 Å². The van der Waals surface area contributed by atoms with Gasteiger partial charge in [0.25, 0.3) is 0 Å². The third-order valence-electron chi connectivity index (χ3n) is 3.87. The fourth-order valence-corrected chi connectivity index (χ4v) is 2.54.